The molecule has 3 nitrogen and oxygen atoms in total. The first-order valence-corrected chi connectivity index (χ1v) is 12.2. The van der Waals surface area contributed by atoms with Crippen LogP contribution in [0.3, 0.4) is 0 Å². The van der Waals surface area contributed by atoms with Gasteiger partial charge in [0.2, 0.25) is 0 Å². The molecule has 9 aromatic rings. The van der Waals surface area contributed by atoms with Crippen LogP contribution < -0.4 is 4.74 Å². The minimum Gasteiger partial charge on any atom is -0.496 e. The fourth-order valence-electron chi connectivity index (χ4n) is 6.57. The Labute approximate surface area is 205 Å². The summed E-state index contributed by atoms with van der Waals surface area (Å²) in [5, 5.41) is 12.0. The van der Waals surface area contributed by atoms with Gasteiger partial charge in [-0.15, -0.1) is 0 Å². The quantitative estimate of drug-likeness (QED) is 0.279. The van der Waals surface area contributed by atoms with Gasteiger partial charge in [-0.2, -0.15) is 0 Å². The first kappa shape index (κ1) is 18.6. The lowest BCUT2D eigenvalue weighted by Crippen LogP contribution is -1.89. The predicted molar refractivity (Wildman–Crippen MR) is 150 cm³/mol. The Morgan fingerprint density at radius 1 is 0.611 bits per heavy atom. The second kappa shape index (κ2) is 6.27. The zero-order chi connectivity index (χ0) is 23.5. The van der Waals surface area contributed by atoms with Gasteiger partial charge >= 0.3 is 0 Å². The van der Waals surface area contributed by atoms with Crippen molar-refractivity contribution >= 4 is 76.1 Å². The Morgan fingerprint density at radius 3 is 2.31 bits per heavy atom. The summed E-state index contributed by atoms with van der Waals surface area (Å²) in [5.74, 6) is 0.880. The summed E-state index contributed by atoms with van der Waals surface area (Å²) in [6.45, 7) is 0. The van der Waals surface area contributed by atoms with Crippen LogP contribution >= 0.6 is 0 Å². The fraction of sp³-hybridized carbons (Fsp3) is 0.0303. The van der Waals surface area contributed by atoms with Gasteiger partial charge in [0.15, 0.2) is 0 Å². The molecule has 0 aliphatic carbocycles. The van der Waals surface area contributed by atoms with Gasteiger partial charge in [0.05, 0.1) is 12.6 Å². The van der Waals surface area contributed by atoms with Crippen molar-refractivity contribution in [3.8, 4) is 16.9 Å². The van der Waals surface area contributed by atoms with Gasteiger partial charge in [-0.25, -0.2) is 0 Å². The van der Waals surface area contributed by atoms with Crippen molar-refractivity contribution in [2.75, 3.05) is 7.11 Å². The minimum atomic E-state index is 0.880. The Morgan fingerprint density at radius 2 is 1.42 bits per heavy atom. The largest absolute Gasteiger partial charge is 0.496 e. The summed E-state index contributed by atoms with van der Waals surface area (Å²) >= 11 is 0. The highest BCUT2D eigenvalue weighted by atomic mass is 16.5. The molecule has 0 unspecified atom stereocenters. The number of ether oxygens (including phenoxy) is 1. The van der Waals surface area contributed by atoms with Crippen LogP contribution in [0, 0.1) is 0 Å². The number of hydrogen-bond acceptors (Lipinski definition) is 2. The van der Waals surface area contributed by atoms with Crippen LogP contribution in [0.1, 0.15) is 0 Å². The first-order chi connectivity index (χ1) is 17.8. The average Bonchev–Trinajstić information content (AvgIpc) is 3.49. The molecular weight excluding hydrogens is 442 g/mol. The van der Waals surface area contributed by atoms with Crippen LogP contribution in [0.25, 0.3) is 87.2 Å². The zero-order valence-corrected chi connectivity index (χ0v) is 19.5. The smallest absolute Gasteiger partial charge is 0.136 e. The number of fused-ring (bicyclic) bond motifs is 1. The van der Waals surface area contributed by atoms with E-state index >= 15 is 0 Å². The third kappa shape index (κ3) is 2.07. The maximum Gasteiger partial charge on any atom is 0.136 e. The molecule has 36 heavy (non-hydrogen) atoms. The molecule has 7 aromatic carbocycles. The summed E-state index contributed by atoms with van der Waals surface area (Å²) < 4.78 is 12.6. The summed E-state index contributed by atoms with van der Waals surface area (Å²) in [5.41, 5.74) is 6.42. The molecule has 1 N–H and O–H groups in total. The zero-order valence-electron chi connectivity index (χ0n) is 19.5. The monoisotopic (exact) mass is 461 g/mol. The first-order valence-electron chi connectivity index (χ1n) is 12.2. The summed E-state index contributed by atoms with van der Waals surface area (Å²) in [6.07, 6.45) is 0. The van der Waals surface area contributed by atoms with Gasteiger partial charge in [0.25, 0.3) is 0 Å². The van der Waals surface area contributed by atoms with Crippen molar-refractivity contribution in [2.24, 2.45) is 0 Å². The number of hydrogen-bond donors (Lipinski definition) is 1. The molecular formula is C33H19NO2. The average molecular weight is 462 g/mol. The molecule has 3 heteroatoms. The lowest BCUT2D eigenvalue weighted by molar-refractivity contribution is 0.420. The van der Waals surface area contributed by atoms with Crippen molar-refractivity contribution in [3.05, 3.63) is 91.0 Å². The number of furan rings is 1. The van der Waals surface area contributed by atoms with E-state index in [9.17, 15) is 0 Å². The van der Waals surface area contributed by atoms with E-state index in [2.05, 4.69) is 96.0 Å². The predicted octanol–water partition coefficient (Wildman–Crippen LogP) is 9.23. The molecule has 0 bridgehead atoms. The lowest BCUT2D eigenvalue weighted by Gasteiger charge is -2.14. The molecule has 0 saturated heterocycles. The molecule has 2 heterocycles. The maximum absolute atomic E-state index is 6.63. The van der Waals surface area contributed by atoms with Crippen LogP contribution in [-0.4, -0.2) is 12.1 Å². The van der Waals surface area contributed by atoms with Gasteiger partial charge in [-0.3, -0.25) is 0 Å². The number of rotatable bonds is 2. The number of H-pyrrole nitrogens is 1. The van der Waals surface area contributed by atoms with E-state index in [4.69, 9.17) is 9.15 Å². The van der Waals surface area contributed by atoms with Crippen LogP contribution in [0.4, 0.5) is 0 Å². The van der Waals surface area contributed by atoms with Gasteiger partial charge in [0, 0.05) is 43.4 Å². The van der Waals surface area contributed by atoms with Crippen molar-refractivity contribution in [2.45, 2.75) is 0 Å². The lowest BCUT2D eigenvalue weighted by atomic mass is 9.89. The van der Waals surface area contributed by atoms with E-state index in [1.165, 1.54) is 48.7 Å². The molecule has 0 fully saturated rings. The van der Waals surface area contributed by atoms with Crippen LogP contribution in [0.2, 0.25) is 0 Å². The summed E-state index contributed by atoms with van der Waals surface area (Å²) in [7, 11) is 1.76. The van der Waals surface area contributed by atoms with Gasteiger partial charge < -0.3 is 14.1 Å². The van der Waals surface area contributed by atoms with Gasteiger partial charge in [0.1, 0.15) is 16.9 Å². The minimum absolute atomic E-state index is 0.880. The molecule has 2 aromatic heterocycles. The molecule has 168 valence electrons. The molecule has 0 radical (unpaired) electrons. The second-order valence-electron chi connectivity index (χ2n) is 9.71. The van der Waals surface area contributed by atoms with E-state index < -0.39 is 0 Å². The Balaban J connectivity index is 1.73. The van der Waals surface area contributed by atoms with E-state index in [1.54, 1.807) is 7.11 Å². The van der Waals surface area contributed by atoms with Crippen molar-refractivity contribution < 1.29 is 9.15 Å². The molecule has 0 saturated carbocycles. The normalized spacial score (nSPS) is 12.6. The summed E-state index contributed by atoms with van der Waals surface area (Å²) in [4.78, 5) is 3.82. The third-order valence-electron chi connectivity index (χ3n) is 8.00. The number of aromatic amines is 1. The molecule has 0 spiro atoms. The van der Waals surface area contributed by atoms with Crippen molar-refractivity contribution in [1.29, 1.82) is 0 Å². The van der Waals surface area contributed by atoms with Gasteiger partial charge in [-0.1, -0.05) is 66.7 Å². The Hall–Kier alpha value is -4.76. The van der Waals surface area contributed by atoms with Crippen LogP contribution in [-0.2, 0) is 0 Å². The molecule has 0 atom stereocenters. The molecule has 0 aliphatic heterocycles. The van der Waals surface area contributed by atoms with Crippen LogP contribution in [0.15, 0.2) is 95.4 Å². The third-order valence-corrected chi connectivity index (χ3v) is 8.00. The number of benzene rings is 6. The van der Waals surface area contributed by atoms with E-state index in [0.29, 0.717) is 0 Å². The Bertz CT molecular complexity index is 2290. The molecule has 0 aliphatic rings. The highest BCUT2D eigenvalue weighted by Gasteiger charge is 2.25. The fourth-order valence-corrected chi connectivity index (χ4v) is 6.57. The topological polar surface area (TPSA) is 38.2 Å². The maximum atomic E-state index is 6.63. The second-order valence-corrected chi connectivity index (χ2v) is 9.71. The van der Waals surface area contributed by atoms with Crippen LogP contribution in [0.5, 0.6) is 5.75 Å². The standard InChI is InChI=1S/C33H19NO2/c1-35-23-14-11-19-12-15-24-30-27(19)28(23)20-9-5-8-18-10-13-22-29(26(18)20)32-31(30)25(36-24)16-21(33(32)34-22)17-6-3-2-4-7-17/h2-16,34H,1H3. The molecule has 9 rings (SSSR count). The van der Waals surface area contributed by atoms with Gasteiger partial charge in [-0.05, 0) is 51.4 Å². The summed E-state index contributed by atoms with van der Waals surface area (Å²) in [6, 6.07) is 32.4. The Kier molecular flexibility index (Phi) is 3.23. The van der Waals surface area contributed by atoms with E-state index in [-0.39, 0.29) is 0 Å². The van der Waals surface area contributed by atoms with E-state index in [1.807, 2.05) is 0 Å². The van der Waals surface area contributed by atoms with E-state index in [0.717, 1.165) is 44.3 Å². The highest BCUT2D eigenvalue weighted by molar-refractivity contribution is 6.42. The number of aromatic nitrogens is 1. The highest BCUT2D eigenvalue weighted by Crippen LogP contribution is 2.50. The van der Waals surface area contributed by atoms with Crippen molar-refractivity contribution in [1.82, 2.24) is 4.98 Å². The SMILES string of the molecule is COc1ccc2ccc3oc4cc(-c5ccccc5)c5[nH]c6ccc7cccc8c1c2c3c4c5c6c78. The molecule has 0 amide bonds. The van der Waals surface area contributed by atoms with Crippen molar-refractivity contribution in [3.63, 3.8) is 0 Å². The number of methoxy groups -OCH3 is 1. The number of nitrogens with one attached hydrogen (secondary N) is 1.